The fourth-order valence-electron chi connectivity index (χ4n) is 3.41. The monoisotopic (exact) mass is 500 g/mol. The van der Waals surface area contributed by atoms with Crippen molar-refractivity contribution in [2.24, 2.45) is 0 Å². The maximum atomic E-state index is 13.2. The van der Waals surface area contributed by atoms with Gasteiger partial charge in [-0.2, -0.15) is 0 Å². The molecule has 0 heterocycles. The molecule has 196 valence electrons. The minimum atomic E-state index is -0.548. The van der Waals surface area contributed by atoms with Crippen LogP contribution in [-0.4, -0.2) is 57.5 Å². The first kappa shape index (κ1) is 28.5. The molecule has 2 amide bonds. The average Bonchev–Trinajstić information content (AvgIpc) is 2.83. The number of nitrogens with one attached hydrogen (secondary N) is 1. The Balaban J connectivity index is 2.01. The van der Waals surface area contributed by atoms with Gasteiger partial charge in [-0.25, -0.2) is 9.59 Å². The molecule has 0 fully saturated rings. The number of carbonyl (C=O) groups excluding carboxylic acids is 3. The summed E-state index contributed by atoms with van der Waals surface area (Å²) in [7, 11) is 4.36. The van der Waals surface area contributed by atoms with Crippen LogP contribution < -0.4 is 19.7 Å². The van der Waals surface area contributed by atoms with E-state index in [1.54, 1.807) is 25.2 Å². The van der Waals surface area contributed by atoms with E-state index >= 15 is 0 Å². The van der Waals surface area contributed by atoms with Gasteiger partial charge in [-0.05, 0) is 70.9 Å². The lowest BCUT2D eigenvalue weighted by atomic mass is 10.1. The summed E-state index contributed by atoms with van der Waals surface area (Å²) < 4.78 is 21.3. The van der Waals surface area contributed by atoms with Crippen molar-refractivity contribution in [3.63, 3.8) is 0 Å². The van der Waals surface area contributed by atoms with Gasteiger partial charge >= 0.3 is 12.1 Å². The minimum absolute atomic E-state index is 0.0779. The second-order valence-corrected chi connectivity index (χ2v) is 9.28. The molecule has 1 atom stereocenters. The summed E-state index contributed by atoms with van der Waals surface area (Å²) in [5.74, 6) is -0.0384. The number of amides is 2. The highest BCUT2D eigenvalue weighted by atomic mass is 16.6. The zero-order chi connectivity index (χ0) is 26.9. The van der Waals surface area contributed by atoms with Crippen LogP contribution in [0.5, 0.6) is 11.5 Å². The van der Waals surface area contributed by atoms with E-state index in [2.05, 4.69) is 5.32 Å². The van der Waals surface area contributed by atoms with E-state index < -0.39 is 17.7 Å². The van der Waals surface area contributed by atoms with Gasteiger partial charge in [0, 0.05) is 18.7 Å². The molecule has 9 heteroatoms. The van der Waals surface area contributed by atoms with Crippen molar-refractivity contribution < 1.29 is 33.3 Å². The predicted molar refractivity (Wildman–Crippen MR) is 137 cm³/mol. The van der Waals surface area contributed by atoms with Crippen molar-refractivity contribution in [1.82, 2.24) is 5.32 Å². The highest BCUT2D eigenvalue weighted by Crippen LogP contribution is 2.29. The van der Waals surface area contributed by atoms with Gasteiger partial charge in [0.05, 0.1) is 26.5 Å². The summed E-state index contributed by atoms with van der Waals surface area (Å²) in [6.07, 6.45) is 0.940. The first-order valence-electron chi connectivity index (χ1n) is 11.7. The maximum Gasteiger partial charge on any atom is 0.407 e. The molecule has 0 bridgehead atoms. The molecule has 0 spiro atoms. The van der Waals surface area contributed by atoms with Gasteiger partial charge in [-0.3, -0.25) is 4.79 Å². The number of rotatable bonds is 10. The molecule has 2 aromatic carbocycles. The molecule has 0 saturated heterocycles. The number of methoxy groups -OCH3 is 2. The maximum absolute atomic E-state index is 13.2. The number of nitrogens with zero attached hydrogens (tertiary/aromatic N) is 1. The molecule has 36 heavy (non-hydrogen) atoms. The first-order valence-corrected chi connectivity index (χ1v) is 11.7. The number of hydrogen-bond acceptors (Lipinski definition) is 7. The number of para-hydroxylation sites is 2. The van der Waals surface area contributed by atoms with E-state index in [4.69, 9.17) is 18.9 Å². The van der Waals surface area contributed by atoms with Crippen LogP contribution in [0.1, 0.15) is 61.3 Å². The summed E-state index contributed by atoms with van der Waals surface area (Å²) >= 11 is 0. The van der Waals surface area contributed by atoms with Crippen LogP contribution >= 0.6 is 0 Å². The third-order valence-corrected chi connectivity index (χ3v) is 5.19. The summed E-state index contributed by atoms with van der Waals surface area (Å²) in [5, 5.41) is 2.81. The fraction of sp³-hybridized carbons (Fsp3) is 0.444. The van der Waals surface area contributed by atoms with Gasteiger partial charge in [0.25, 0.3) is 5.91 Å². The third-order valence-electron chi connectivity index (χ3n) is 5.19. The van der Waals surface area contributed by atoms with Crippen LogP contribution in [0.3, 0.4) is 0 Å². The molecule has 0 saturated carbocycles. The Morgan fingerprint density at radius 3 is 2.36 bits per heavy atom. The van der Waals surface area contributed by atoms with Crippen molar-refractivity contribution in [3.8, 4) is 11.5 Å². The first-order chi connectivity index (χ1) is 17.0. The highest BCUT2D eigenvalue weighted by Gasteiger charge is 2.21. The molecular weight excluding hydrogens is 464 g/mol. The zero-order valence-corrected chi connectivity index (χ0v) is 22.0. The van der Waals surface area contributed by atoms with Crippen LogP contribution in [0.25, 0.3) is 0 Å². The second kappa shape index (κ2) is 12.8. The van der Waals surface area contributed by atoms with E-state index in [9.17, 15) is 14.4 Å². The van der Waals surface area contributed by atoms with Crippen molar-refractivity contribution in [3.05, 3.63) is 53.6 Å². The van der Waals surface area contributed by atoms with Gasteiger partial charge in [-0.1, -0.05) is 12.1 Å². The Labute approximate surface area is 212 Å². The van der Waals surface area contributed by atoms with Crippen molar-refractivity contribution in [2.75, 3.05) is 32.8 Å². The molecule has 0 aliphatic rings. The molecule has 2 aromatic rings. The predicted octanol–water partition coefficient (Wildman–Crippen LogP) is 4.83. The average molecular weight is 501 g/mol. The Hall–Kier alpha value is -3.75. The zero-order valence-electron chi connectivity index (χ0n) is 22.0. The number of ether oxygens (including phenoxy) is 4. The topological polar surface area (TPSA) is 103 Å². The second-order valence-electron chi connectivity index (χ2n) is 9.28. The molecule has 9 nitrogen and oxygen atoms in total. The molecule has 1 unspecified atom stereocenters. The highest BCUT2D eigenvalue weighted by molar-refractivity contribution is 6.07. The lowest BCUT2D eigenvalue weighted by molar-refractivity contribution is 0.0503. The van der Waals surface area contributed by atoms with Crippen molar-refractivity contribution in [2.45, 2.75) is 52.2 Å². The van der Waals surface area contributed by atoms with Crippen LogP contribution in [0, 0.1) is 0 Å². The van der Waals surface area contributed by atoms with Gasteiger partial charge in [0.1, 0.15) is 22.7 Å². The van der Waals surface area contributed by atoms with Gasteiger partial charge in [0.15, 0.2) is 0 Å². The normalized spacial score (nSPS) is 11.8. The number of anilines is 1. The molecule has 1 N–H and O–H groups in total. The number of benzene rings is 2. The number of esters is 1. The molecular formula is C27H36N2O7. The van der Waals surface area contributed by atoms with Crippen LogP contribution in [0.4, 0.5) is 10.5 Å². The Bertz CT molecular complexity index is 1060. The Kier molecular flexibility index (Phi) is 10.1. The fourth-order valence-corrected chi connectivity index (χ4v) is 3.41. The largest absolute Gasteiger partial charge is 0.496 e. The molecule has 0 radical (unpaired) electrons. The molecule has 2 rings (SSSR count). The van der Waals surface area contributed by atoms with Crippen molar-refractivity contribution in [1.29, 1.82) is 0 Å². The Morgan fingerprint density at radius 1 is 1.03 bits per heavy atom. The Morgan fingerprint density at radius 2 is 1.72 bits per heavy atom. The summed E-state index contributed by atoms with van der Waals surface area (Å²) in [6, 6.07) is 11.7. The number of alkyl carbamates (subject to hydrolysis) is 1. The molecule has 0 aromatic heterocycles. The van der Waals surface area contributed by atoms with Crippen LogP contribution in [0.2, 0.25) is 0 Å². The van der Waals surface area contributed by atoms with Gasteiger partial charge < -0.3 is 29.2 Å². The van der Waals surface area contributed by atoms with E-state index in [-0.39, 0.29) is 23.3 Å². The van der Waals surface area contributed by atoms with E-state index in [1.807, 2.05) is 39.8 Å². The van der Waals surface area contributed by atoms with E-state index in [0.29, 0.717) is 36.4 Å². The quantitative estimate of drug-likeness (QED) is 0.368. The lowest BCUT2D eigenvalue weighted by Crippen LogP contribution is -2.37. The minimum Gasteiger partial charge on any atom is -0.496 e. The van der Waals surface area contributed by atoms with Crippen molar-refractivity contribution >= 4 is 23.7 Å². The van der Waals surface area contributed by atoms with Gasteiger partial charge in [-0.15, -0.1) is 0 Å². The van der Waals surface area contributed by atoms with Crippen LogP contribution in [-0.2, 0) is 9.47 Å². The molecule has 0 aliphatic heterocycles. The summed E-state index contributed by atoms with van der Waals surface area (Å²) in [5.41, 5.74) is 0.629. The molecule has 0 aliphatic carbocycles. The smallest absolute Gasteiger partial charge is 0.407 e. The lowest BCUT2D eigenvalue weighted by Gasteiger charge is -2.22. The SMILES string of the molecule is COC(=O)c1ccc(C(=O)N(C)c2ccccc2OCCCC(C)NC(=O)OC(C)(C)C)cc1OC. The van der Waals surface area contributed by atoms with Crippen LogP contribution in [0.15, 0.2) is 42.5 Å². The van der Waals surface area contributed by atoms with E-state index in [0.717, 1.165) is 0 Å². The summed E-state index contributed by atoms with van der Waals surface area (Å²) in [6.45, 7) is 7.76. The number of carbonyl (C=O) groups is 3. The summed E-state index contributed by atoms with van der Waals surface area (Å²) in [4.78, 5) is 38.5. The standard InChI is InChI=1S/C27H36N2O7/c1-18(28-26(32)36-27(2,3)4)11-10-16-35-22-13-9-8-12-21(22)29(5)24(30)19-14-15-20(25(31)34-7)23(17-19)33-6/h8-9,12-15,17-18H,10-11,16H2,1-7H3,(H,28,32). The number of hydrogen-bond donors (Lipinski definition) is 1. The third kappa shape index (κ3) is 8.18. The van der Waals surface area contributed by atoms with Gasteiger partial charge in [0.2, 0.25) is 0 Å². The van der Waals surface area contributed by atoms with E-state index in [1.165, 1.54) is 31.3 Å².